The summed E-state index contributed by atoms with van der Waals surface area (Å²) in [5.74, 6) is 0.518. The second-order valence-electron chi connectivity index (χ2n) is 5.69. The number of rotatable bonds is 2. The fourth-order valence-electron chi connectivity index (χ4n) is 2.94. The van der Waals surface area contributed by atoms with Crippen molar-refractivity contribution in [3.8, 4) is 0 Å². The molecule has 2 aliphatic heterocycles. The summed E-state index contributed by atoms with van der Waals surface area (Å²) in [7, 11) is 0. The standard InChI is InChI=1S/C14H19N3O4/c1-9-7-12(15-21-9)13(18)16-5-3-11(4-6-16)17-8-10(2)20-14(17)19/h7,10-11H,3-6,8H2,1-2H3. The van der Waals surface area contributed by atoms with Crippen molar-refractivity contribution in [1.29, 1.82) is 0 Å². The first kappa shape index (κ1) is 13.9. The van der Waals surface area contributed by atoms with Gasteiger partial charge in [-0.05, 0) is 26.7 Å². The predicted molar refractivity (Wildman–Crippen MR) is 72.8 cm³/mol. The van der Waals surface area contributed by atoms with Gasteiger partial charge in [0.25, 0.3) is 5.91 Å². The molecule has 1 atom stereocenters. The summed E-state index contributed by atoms with van der Waals surface area (Å²) in [6.45, 7) is 5.53. The van der Waals surface area contributed by atoms with E-state index in [0.29, 0.717) is 31.1 Å². The molecule has 114 valence electrons. The van der Waals surface area contributed by atoms with E-state index in [9.17, 15) is 9.59 Å². The molecule has 2 saturated heterocycles. The number of aromatic nitrogens is 1. The van der Waals surface area contributed by atoms with Crippen LogP contribution >= 0.6 is 0 Å². The highest BCUT2D eigenvalue weighted by molar-refractivity contribution is 5.92. The minimum atomic E-state index is -0.237. The van der Waals surface area contributed by atoms with Gasteiger partial charge in [0, 0.05) is 25.2 Å². The van der Waals surface area contributed by atoms with Gasteiger partial charge in [-0.15, -0.1) is 0 Å². The first-order chi connectivity index (χ1) is 10.0. The minimum Gasteiger partial charge on any atom is -0.444 e. The van der Waals surface area contributed by atoms with Crippen molar-refractivity contribution in [1.82, 2.24) is 15.0 Å². The van der Waals surface area contributed by atoms with Crippen LogP contribution in [0.4, 0.5) is 4.79 Å². The zero-order valence-corrected chi connectivity index (χ0v) is 12.2. The van der Waals surface area contributed by atoms with Crippen molar-refractivity contribution in [3.63, 3.8) is 0 Å². The van der Waals surface area contributed by atoms with Crippen molar-refractivity contribution >= 4 is 12.0 Å². The number of amides is 2. The summed E-state index contributed by atoms with van der Waals surface area (Å²) in [5, 5.41) is 3.76. The molecule has 21 heavy (non-hydrogen) atoms. The van der Waals surface area contributed by atoms with Gasteiger partial charge >= 0.3 is 6.09 Å². The Morgan fingerprint density at radius 2 is 2.10 bits per heavy atom. The first-order valence-corrected chi connectivity index (χ1v) is 7.24. The summed E-state index contributed by atoms with van der Waals surface area (Å²) >= 11 is 0. The molecule has 7 heteroatoms. The molecule has 7 nitrogen and oxygen atoms in total. The smallest absolute Gasteiger partial charge is 0.410 e. The fraction of sp³-hybridized carbons (Fsp3) is 0.643. The summed E-state index contributed by atoms with van der Waals surface area (Å²) in [4.78, 5) is 27.5. The molecule has 2 fully saturated rings. The number of aryl methyl sites for hydroxylation is 1. The van der Waals surface area contributed by atoms with Crippen LogP contribution < -0.4 is 0 Å². The zero-order chi connectivity index (χ0) is 15.0. The average Bonchev–Trinajstić information content (AvgIpc) is 3.04. The molecule has 0 aliphatic carbocycles. The van der Waals surface area contributed by atoms with Crippen molar-refractivity contribution in [2.75, 3.05) is 19.6 Å². The van der Waals surface area contributed by atoms with Gasteiger partial charge in [0.15, 0.2) is 5.69 Å². The summed E-state index contributed by atoms with van der Waals surface area (Å²) < 4.78 is 10.1. The molecule has 1 aromatic rings. The maximum atomic E-state index is 12.3. The van der Waals surface area contributed by atoms with Gasteiger partial charge in [0.05, 0.1) is 6.54 Å². The normalized spacial score (nSPS) is 23.5. The molecule has 0 spiro atoms. The van der Waals surface area contributed by atoms with Crippen molar-refractivity contribution in [3.05, 3.63) is 17.5 Å². The number of hydrogen-bond donors (Lipinski definition) is 0. The minimum absolute atomic E-state index is 0.0460. The molecule has 0 N–H and O–H groups in total. The first-order valence-electron chi connectivity index (χ1n) is 7.24. The fourth-order valence-corrected chi connectivity index (χ4v) is 2.94. The lowest BCUT2D eigenvalue weighted by molar-refractivity contribution is 0.0648. The van der Waals surface area contributed by atoms with E-state index >= 15 is 0 Å². The van der Waals surface area contributed by atoms with Crippen LogP contribution in [0.5, 0.6) is 0 Å². The van der Waals surface area contributed by atoms with Crippen molar-refractivity contribution in [2.24, 2.45) is 0 Å². The van der Waals surface area contributed by atoms with E-state index in [-0.39, 0.29) is 24.1 Å². The van der Waals surface area contributed by atoms with Gasteiger partial charge in [-0.25, -0.2) is 4.79 Å². The van der Waals surface area contributed by atoms with Gasteiger partial charge in [-0.1, -0.05) is 5.16 Å². The predicted octanol–water partition coefficient (Wildman–Crippen LogP) is 1.43. The lowest BCUT2D eigenvalue weighted by atomic mass is 10.0. The molecule has 2 aliphatic rings. The molecule has 3 heterocycles. The van der Waals surface area contributed by atoms with E-state index in [4.69, 9.17) is 9.26 Å². The van der Waals surface area contributed by atoms with E-state index < -0.39 is 0 Å². The number of cyclic esters (lactones) is 1. The van der Waals surface area contributed by atoms with Crippen LogP contribution in [-0.4, -0.2) is 58.7 Å². The monoisotopic (exact) mass is 293 g/mol. The van der Waals surface area contributed by atoms with Crippen LogP contribution in [0.3, 0.4) is 0 Å². The number of carbonyl (C=O) groups is 2. The third-order valence-electron chi connectivity index (χ3n) is 4.03. The van der Waals surface area contributed by atoms with Crippen molar-refractivity contribution in [2.45, 2.75) is 38.8 Å². The lowest BCUT2D eigenvalue weighted by Gasteiger charge is -2.35. The van der Waals surface area contributed by atoms with Crippen LogP contribution in [-0.2, 0) is 4.74 Å². The van der Waals surface area contributed by atoms with Crippen LogP contribution in [0.15, 0.2) is 10.6 Å². The summed E-state index contributed by atoms with van der Waals surface area (Å²) in [6, 6.07) is 1.80. The Bertz CT molecular complexity index is 548. The van der Waals surface area contributed by atoms with E-state index in [1.807, 2.05) is 6.92 Å². The van der Waals surface area contributed by atoms with Gasteiger partial charge in [-0.2, -0.15) is 0 Å². The molecule has 0 saturated carbocycles. The molecule has 0 aromatic carbocycles. The second-order valence-corrected chi connectivity index (χ2v) is 5.69. The SMILES string of the molecule is Cc1cc(C(=O)N2CCC(N3CC(C)OC3=O)CC2)no1. The zero-order valence-electron chi connectivity index (χ0n) is 12.2. The molecule has 1 unspecified atom stereocenters. The number of likely N-dealkylation sites (tertiary alicyclic amines) is 1. The number of carbonyl (C=O) groups excluding carboxylic acids is 2. The average molecular weight is 293 g/mol. The van der Waals surface area contributed by atoms with Crippen LogP contribution in [0, 0.1) is 6.92 Å². The molecule has 2 amide bonds. The van der Waals surface area contributed by atoms with Crippen LogP contribution in [0.2, 0.25) is 0 Å². The third-order valence-corrected chi connectivity index (χ3v) is 4.03. The van der Waals surface area contributed by atoms with E-state index in [0.717, 1.165) is 12.8 Å². The lowest BCUT2D eigenvalue weighted by Crippen LogP contribution is -2.47. The highest BCUT2D eigenvalue weighted by atomic mass is 16.6. The Hall–Kier alpha value is -2.05. The van der Waals surface area contributed by atoms with Gasteiger partial charge < -0.3 is 19.1 Å². The van der Waals surface area contributed by atoms with Crippen LogP contribution in [0.1, 0.15) is 36.0 Å². The number of piperidine rings is 1. The maximum Gasteiger partial charge on any atom is 0.410 e. The van der Waals surface area contributed by atoms with Gasteiger partial charge in [0.2, 0.25) is 0 Å². The second kappa shape index (κ2) is 5.38. The van der Waals surface area contributed by atoms with Gasteiger partial charge in [0.1, 0.15) is 11.9 Å². The molecule has 1 aromatic heterocycles. The quantitative estimate of drug-likeness (QED) is 0.824. The molecule has 3 rings (SSSR count). The number of ether oxygens (including phenoxy) is 1. The molecular formula is C14H19N3O4. The Kier molecular flexibility index (Phi) is 3.57. The Morgan fingerprint density at radius 1 is 1.38 bits per heavy atom. The molecular weight excluding hydrogens is 274 g/mol. The third kappa shape index (κ3) is 2.72. The van der Waals surface area contributed by atoms with Crippen LogP contribution in [0.25, 0.3) is 0 Å². The highest BCUT2D eigenvalue weighted by Gasteiger charge is 2.36. The summed E-state index contributed by atoms with van der Waals surface area (Å²) in [5.41, 5.74) is 0.347. The van der Waals surface area contributed by atoms with Crippen molar-refractivity contribution < 1.29 is 18.8 Å². The highest BCUT2D eigenvalue weighted by Crippen LogP contribution is 2.23. The van der Waals surface area contributed by atoms with E-state index in [1.54, 1.807) is 22.8 Å². The Labute approximate surface area is 122 Å². The van der Waals surface area contributed by atoms with E-state index in [2.05, 4.69) is 5.16 Å². The topological polar surface area (TPSA) is 75.9 Å². The number of nitrogens with zero attached hydrogens (tertiary/aromatic N) is 3. The van der Waals surface area contributed by atoms with E-state index in [1.165, 1.54) is 0 Å². The largest absolute Gasteiger partial charge is 0.444 e. The summed E-state index contributed by atoms with van der Waals surface area (Å²) in [6.07, 6.45) is 1.25. The number of hydrogen-bond acceptors (Lipinski definition) is 5. The molecule has 0 bridgehead atoms. The molecule has 0 radical (unpaired) electrons. The Balaban J connectivity index is 1.58. The maximum absolute atomic E-state index is 12.3. The Morgan fingerprint density at radius 3 is 2.62 bits per heavy atom. The van der Waals surface area contributed by atoms with Gasteiger partial charge in [-0.3, -0.25) is 4.79 Å².